The summed E-state index contributed by atoms with van der Waals surface area (Å²) in [6, 6.07) is 9.66. The first-order valence-electron chi connectivity index (χ1n) is 12.4. The first kappa shape index (κ1) is 27.6. The lowest BCUT2D eigenvalue weighted by atomic mass is 10.0. The second-order valence-corrected chi connectivity index (χ2v) is 8.69. The van der Waals surface area contributed by atoms with Gasteiger partial charge < -0.3 is 20.9 Å². The molecule has 1 aromatic carbocycles. The molecule has 0 heterocycles. The van der Waals surface area contributed by atoms with Gasteiger partial charge in [-0.3, -0.25) is 4.79 Å². The summed E-state index contributed by atoms with van der Waals surface area (Å²) in [5, 5.41) is 12.6. The molecule has 0 fully saturated rings. The number of carbonyl (C=O) groups excluding carboxylic acids is 1. The number of amides is 1. The van der Waals surface area contributed by atoms with Crippen molar-refractivity contribution in [3.8, 4) is 0 Å². The number of aliphatic hydroxyl groups is 1. The fourth-order valence-electron chi connectivity index (χ4n) is 3.83. The standard InChI is InChI=1S/C26H46N2O3/c1-3-5-6-7-8-9-10-11-15-19-23(31-21-22-17-13-12-14-18-22)20-25(29)28-24(16-4-2)26(27)30/h12-14,17-18,23-24,26,30H,3-11,15-16,19-21,27H2,1-2H3,(H,28,29). The number of nitrogens with one attached hydrogen (secondary N) is 1. The van der Waals surface area contributed by atoms with Gasteiger partial charge in [-0.15, -0.1) is 0 Å². The zero-order valence-electron chi connectivity index (χ0n) is 19.9. The summed E-state index contributed by atoms with van der Waals surface area (Å²) in [7, 11) is 0. The Bertz CT molecular complexity index is 551. The van der Waals surface area contributed by atoms with Crippen molar-refractivity contribution in [2.75, 3.05) is 0 Å². The van der Waals surface area contributed by atoms with Crippen LogP contribution in [0.2, 0.25) is 0 Å². The molecule has 0 aliphatic carbocycles. The van der Waals surface area contributed by atoms with Gasteiger partial charge in [-0.1, -0.05) is 108 Å². The van der Waals surface area contributed by atoms with Crippen LogP contribution in [0.1, 0.15) is 103 Å². The van der Waals surface area contributed by atoms with Crippen LogP contribution in [-0.4, -0.2) is 29.4 Å². The first-order valence-corrected chi connectivity index (χ1v) is 12.4. The maximum Gasteiger partial charge on any atom is 0.222 e. The molecule has 0 aromatic heterocycles. The van der Waals surface area contributed by atoms with Crippen LogP contribution < -0.4 is 11.1 Å². The van der Waals surface area contributed by atoms with E-state index in [2.05, 4.69) is 12.2 Å². The Kier molecular flexibility index (Phi) is 16.2. The van der Waals surface area contributed by atoms with Crippen molar-refractivity contribution in [1.29, 1.82) is 0 Å². The van der Waals surface area contributed by atoms with E-state index < -0.39 is 12.3 Å². The summed E-state index contributed by atoms with van der Waals surface area (Å²) >= 11 is 0. The van der Waals surface area contributed by atoms with Crippen LogP contribution in [0.25, 0.3) is 0 Å². The zero-order valence-corrected chi connectivity index (χ0v) is 19.9. The van der Waals surface area contributed by atoms with E-state index in [1.807, 2.05) is 37.3 Å². The number of hydrogen-bond acceptors (Lipinski definition) is 4. The number of aliphatic hydroxyl groups excluding tert-OH is 1. The number of hydrogen-bond donors (Lipinski definition) is 3. The highest BCUT2D eigenvalue weighted by atomic mass is 16.5. The fourth-order valence-corrected chi connectivity index (χ4v) is 3.83. The van der Waals surface area contributed by atoms with Crippen LogP contribution in [0.15, 0.2) is 30.3 Å². The molecular weight excluding hydrogens is 388 g/mol. The quantitative estimate of drug-likeness (QED) is 0.200. The Morgan fingerprint density at radius 3 is 2.13 bits per heavy atom. The highest BCUT2D eigenvalue weighted by Crippen LogP contribution is 2.16. The molecule has 5 nitrogen and oxygen atoms in total. The average Bonchev–Trinajstić information content (AvgIpc) is 2.76. The topological polar surface area (TPSA) is 84.6 Å². The molecule has 31 heavy (non-hydrogen) atoms. The second-order valence-electron chi connectivity index (χ2n) is 8.69. The van der Waals surface area contributed by atoms with Crippen LogP contribution in [0.5, 0.6) is 0 Å². The fraction of sp³-hybridized carbons (Fsp3) is 0.731. The molecule has 3 atom stereocenters. The Morgan fingerprint density at radius 2 is 1.55 bits per heavy atom. The van der Waals surface area contributed by atoms with Crippen molar-refractivity contribution in [3.05, 3.63) is 35.9 Å². The lowest BCUT2D eigenvalue weighted by molar-refractivity contribution is -0.126. The summed E-state index contributed by atoms with van der Waals surface area (Å²) in [5.41, 5.74) is 6.72. The maximum absolute atomic E-state index is 12.6. The second kappa shape index (κ2) is 18.2. The molecule has 5 heteroatoms. The van der Waals surface area contributed by atoms with E-state index in [1.165, 1.54) is 51.4 Å². The van der Waals surface area contributed by atoms with Crippen molar-refractivity contribution in [1.82, 2.24) is 5.32 Å². The molecule has 0 saturated heterocycles. The molecule has 0 bridgehead atoms. The maximum atomic E-state index is 12.6. The van der Waals surface area contributed by atoms with Gasteiger partial charge in [0.25, 0.3) is 0 Å². The van der Waals surface area contributed by atoms with Gasteiger partial charge in [0.15, 0.2) is 0 Å². The number of ether oxygens (including phenoxy) is 1. The molecule has 3 unspecified atom stereocenters. The van der Waals surface area contributed by atoms with E-state index in [4.69, 9.17) is 10.5 Å². The van der Waals surface area contributed by atoms with E-state index in [1.54, 1.807) is 0 Å². The number of rotatable bonds is 19. The molecule has 178 valence electrons. The van der Waals surface area contributed by atoms with Crippen molar-refractivity contribution in [2.45, 2.75) is 122 Å². The molecule has 0 saturated carbocycles. The Morgan fingerprint density at radius 1 is 0.935 bits per heavy atom. The summed E-state index contributed by atoms with van der Waals surface area (Å²) in [6.45, 7) is 4.77. The minimum atomic E-state index is -1.04. The Balaban J connectivity index is 2.42. The normalized spacial score (nSPS) is 14.2. The van der Waals surface area contributed by atoms with Crippen molar-refractivity contribution < 1.29 is 14.6 Å². The van der Waals surface area contributed by atoms with E-state index >= 15 is 0 Å². The number of carbonyl (C=O) groups is 1. The monoisotopic (exact) mass is 434 g/mol. The number of nitrogens with two attached hydrogens (primary N) is 1. The predicted molar refractivity (Wildman–Crippen MR) is 129 cm³/mol. The highest BCUT2D eigenvalue weighted by Gasteiger charge is 2.20. The predicted octanol–water partition coefficient (Wildman–Crippen LogP) is 5.44. The molecule has 0 aliphatic rings. The highest BCUT2D eigenvalue weighted by molar-refractivity contribution is 5.76. The third kappa shape index (κ3) is 14.3. The Hall–Kier alpha value is -1.43. The van der Waals surface area contributed by atoms with Gasteiger partial charge in [0.05, 0.1) is 25.2 Å². The van der Waals surface area contributed by atoms with Gasteiger partial charge in [0, 0.05) is 0 Å². The number of benzene rings is 1. The summed E-state index contributed by atoms with van der Waals surface area (Å²) in [6.07, 6.45) is 13.0. The van der Waals surface area contributed by atoms with Crippen molar-refractivity contribution in [2.24, 2.45) is 5.73 Å². The van der Waals surface area contributed by atoms with Gasteiger partial charge in [0.1, 0.15) is 6.23 Å². The minimum Gasteiger partial charge on any atom is -0.377 e. The smallest absolute Gasteiger partial charge is 0.222 e. The van der Waals surface area contributed by atoms with Crippen LogP contribution in [-0.2, 0) is 16.1 Å². The van der Waals surface area contributed by atoms with Crippen LogP contribution >= 0.6 is 0 Å². The van der Waals surface area contributed by atoms with E-state index in [9.17, 15) is 9.90 Å². The third-order valence-corrected chi connectivity index (χ3v) is 5.73. The SMILES string of the molecule is CCCCCCCCCCCC(CC(=O)NC(CCC)C(N)O)OCc1ccccc1. The molecule has 1 aromatic rings. The average molecular weight is 435 g/mol. The molecule has 0 aliphatic heterocycles. The lowest BCUT2D eigenvalue weighted by Crippen LogP contribution is -2.48. The van der Waals surface area contributed by atoms with E-state index in [0.717, 1.165) is 24.8 Å². The van der Waals surface area contributed by atoms with Crippen LogP contribution in [0.3, 0.4) is 0 Å². The first-order chi connectivity index (χ1) is 15.1. The van der Waals surface area contributed by atoms with Gasteiger partial charge >= 0.3 is 0 Å². The minimum absolute atomic E-state index is 0.100. The van der Waals surface area contributed by atoms with Gasteiger partial charge in [0.2, 0.25) is 5.91 Å². The Labute approximate surface area is 190 Å². The molecule has 1 rings (SSSR count). The molecule has 0 radical (unpaired) electrons. The van der Waals surface area contributed by atoms with Gasteiger partial charge in [-0.25, -0.2) is 0 Å². The van der Waals surface area contributed by atoms with Gasteiger partial charge in [-0.05, 0) is 18.4 Å². The molecule has 1 amide bonds. The number of unbranched alkanes of at least 4 members (excludes halogenated alkanes) is 8. The van der Waals surface area contributed by atoms with Gasteiger partial charge in [-0.2, -0.15) is 0 Å². The summed E-state index contributed by atoms with van der Waals surface area (Å²) in [4.78, 5) is 12.6. The van der Waals surface area contributed by atoms with Crippen LogP contribution in [0.4, 0.5) is 0 Å². The van der Waals surface area contributed by atoms with Crippen molar-refractivity contribution >= 4 is 5.91 Å². The largest absolute Gasteiger partial charge is 0.377 e. The molecular formula is C26H46N2O3. The lowest BCUT2D eigenvalue weighted by Gasteiger charge is -2.23. The third-order valence-electron chi connectivity index (χ3n) is 5.73. The van der Waals surface area contributed by atoms with E-state index in [0.29, 0.717) is 19.4 Å². The van der Waals surface area contributed by atoms with E-state index in [-0.39, 0.29) is 12.0 Å². The van der Waals surface area contributed by atoms with Crippen molar-refractivity contribution in [3.63, 3.8) is 0 Å². The molecule has 4 N–H and O–H groups in total. The van der Waals surface area contributed by atoms with Crippen LogP contribution in [0, 0.1) is 0 Å². The molecule has 0 spiro atoms. The zero-order chi connectivity index (χ0) is 22.7. The summed E-state index contributed by atoms with van der Waals surface area (Å²) in [5.74, 6) is -0.100. The summed E-state index contributed by atoms with van der Waals surface area (Å²) < 4.78 is 6.12.